The molecule has 1 aromatic heterocycles. The van der Waals surface area contributed by atoms with Gasteiger partial charge in [0.2, 0.25) is 0 Å². The van der Waals surface area contributed by atoms with Crippen LogP contribution in [0.5, 0.6) is 0 Å². The normalized spacial score (nSPS) is 20.9. The molecule has 0 saturated carbocycles. The van der Waals surface area contributed by atoms with Crippen molar-refractivity contribution in [1.82, 2.24) is 15.1 Å². The van der Waals surface area contributed by atoms with Gasteiger partial charge in [0.1, 0.15) is 16.9 Å². The van der Waals surface area contributed by atoms with E-state index in [0.717, 1.165) is 12.0 Å². The van der Waals surface area contributed by atoms with Gasteiger partial charge in [-0.25, -0.2) is 8.42 Å². The summed E-state index contributed by atoms with van der Waals surface area (Å²) in [7, 11) is -3.30. The van der Waals surface area contributed by atoms with E-state index in [1.807, 2.05) is 0 Å². The molecule has 1 aliphatic rings. The van der Waals surface area contributed by atoms with Crippen LogP contribution in [0.2, 0.25) is 0 Å². The van der Waals surface area contributed by atoms with Crippen molar-refractivity contribution in [2.45, 2.75) is 5.37 Å². The molecular weight excluding hydrogens is 276 g/mol. The van der Waals surface area contributed by atoms with Crippen LogP contribution in [-0.2, 0) is 9.84 Å². The summed E-state index contributed by atoms with van der Waals surface area (Å²) in [4.78, 5) is 13.6. The minimum atomic E-state index is -3.30. The molecule has 1 saturated heterocycles. The lowest BCUT2D eigenvalue weighted by molar-refractivity contribution is 0.0743. The van der Waals surface area contributed by atoms with Crippen molar-refractivity contribution in [3.63, 3.8) is 0 Å². The van der Waals surface area contributed by atoms with E-state index in [9.17, 15) is 13.2 Å². The SMILES string of the molecule is CS(=O)(=O)C1CSCCN1C(=O)c1cc(N)n[nH]1. The summed E-state index contributed by atoms with van der Waals surface area (Å²) < 4.78 is 23.4. The number of anilines is 1. The zero-order chi connectivity index (χ0) is 13.3. The standard InChI is InChI=1S/C9H14N4O3S2/c1-18(15,16)8-5-17-3-2-13(8)9(14)6-4-7(10)12-11-6/h4,8H,2-3,5H2,1H3,(H3,10,11,12). The highest BCUT2D eigenvalue weighted by Crippen LogP contribution is 2.22. The van der Waals surface area contributed by atoms with Gasteiger partial charge in [-0.2, -0.15) is 16.9 Å². The molecule has 3 N–H and O–H groups in total. The van der Waals surface area contributed by atoms with E-state index in [0.29, 0.717) is 12.3 Å². The maximum absolute atomic E-state index is 12.2. The summed E-state index contributed by atoms with van der Waals surface area (Å²) in [6, 6.07) is 1.41. The minimum Gasteiger partial charge on any atom is -0.382 e. The van der Waals surface area contributed by atoms with Gasteiger partial charge in [-0.15, -0.1) is 0 Å². The van der Waals surface area contributed by atoms with Crippen molar-refractivity contribution in [3.05, 3.63) is 11.8 Å². The van der Waals surface area contributed by atoms with Crippen LogP contribution >= 0.6 is 11.8 Å². The van der Waals surface area contributed by atoms with Gasteiger partial charge in [-0.1, -0.05) is 0 Å². The van der Waals surface area contributed by atoms with E-state index in [-0.39, 0.29) is 17.4 Å². The molecule has 18 heavy (non-hydrogen) atoms. The van der Waals surface area contributed by atoms with Crippen LogP contribution in [0.1, 0.15) is 10.5 Å². The number of nitrogens with one attached hydrogen (secondary N) is 1. The summed E-state index contributed by atoms with van der Waals surface area (Å²) in [5.74, 6) is 0.950. The first-order valence-electron chi connectivity index (χ1n) is 5.28. The fraction of sp³-hybridized carbons (Fsp3) is 0.556. The third kappa shape index (κ3) is 2.61. The molecule has 1 amide bonds. The second-order valence-electron chi connectivity index (χ2n) is 4.06. The quantitative estimate of drug-likeness (QED) is 0.763. The van der Waals surface area contributed by atoms with E-state index in [1.54, 1.807) is 0 Å². The Balaban J connectivity index is 2.27. The van der Waals surface area contributed by atoms with Crippen molar-refractivity contribution < 1.29 is 13.2 Å². The van der Waals surface area contributed by atoms with E-state index in [1.165, 1.54) is 22.7 Å². The van der Waals surface area contributed by atoms with Crippen LogP contribution in [0.3, 0.4) is 0 Å². The smallest absolute Gasteiger partial charge is 0.273 e. The van der Waals surface area contributed by atoms with Crippen molar-refractivity contribution in [3.8, 4) is 0 Å². The number of nitrogens with zero attached hydrogens (tertiary/aromatic N) is 2. The van der Waals surface area contributed by atoms with Gasteiger partial charge in [-0.3, -0.25) is 9.89 Å². The zero-order valence-corrected chi connectivity index (χ0v) is 11.4. The molecule has 0 aliphatic carbocycles. The fourth-order valence-electron chi connectivity index (χ4n) is 1.77. The molecule has 0 aromatic carbocycles. The number of sulfone groups is 1. The molecule has 0 spiro atoms. The first-order chi connectivity index (χ1) is 8.39. The summed E-state index contributed by atoms with van der Waals surface area (Å²) in [5, 5.41) is 5.39. The van der Waals surface area contributed by atoms with Crippen molar-refractivity contribution in [2.24, 2.45) is 0 Å². The number of nitrogens with two attached hydrogens (primary N) is 1. The van der Waals surface area contributed by atoms with E-state index in [2.05, 4.69) is 10.2 Å². The number of amides is 1. The van der Waals surface area contributed by atoms with Crippen molar-refractivity contribution >= 4 is 33.3 Å². The molecule has 1 fully saturated rings. The van der Waals surface area contributed by atoms with Gasteiger partial charge in [0.05, 0.1) is 0 Å². The minimum absolute atomic E-state index is 0.209. The van der Waals surface area contributed by atoms with E-state index >= 15 is 0 Å². The van der Waals surface area contributed by atoms with E-state index < -0.39 is 15.2 Å². The summed E-state index contributed by atoms with van der Waals surface area (Å²) in [5.41, 5.74) is 5.65. The number of rotatable bonds is 2. The van der Waals surface area contributed by atoms with E-state index in [4.69, 9.17) is 5.73 Å². The Morgan fingerprint density at radius 2 is 2.39 bits per heavy atom. The molecule has 0 radical (unpaired) electrons. The highest BCUT2D eigenvalue weighted by atomic mass is 32.2. The number of thioether (sulfide) groups is 1. The third-order valence-electron chi connectivity index (χ3n) is 2.67. The molecule has 1 aromatic rings. The number of hydrogen-bond donors (Lipinski definition) is 2. The lowest BCUT2D eigenvalue weighted by Gasteiger charge is -2.33. The molecular formula is C9H14N4O3S2. The predicted octanol–water partition coefficient (Wildman–Crippen LogP) is -0.448. The number of carbonyl (C=O) groups is 1. The lowest BCUT2D eigenvalue weighted by Crippen LogP contribution is -2.50. The molecule has 0 bridgehead atoms. The zero-order valence-electron chi connectivity index (χ0n) is 9.79. The fourth-order valence-corrected chi connectivity index (χ4v) is 4.58. The Labute approximate surface area is 109 Å². The van der Waals surface area contributed by atoms with Crippen LogP contribution in [0.25, 0.3) is 0 Å². The van der Waals surface area contributed by atoms with Gasteiger partial charge < -0.3 is 10.6 Å². The number of carbonyl (C=O) groups excluding carboxylic acids is 1. The number of aromatic amines is 1. The summed E-state index contributed by atoms with van der Waals surface area (Å²) >= 11 is 1.53. The topological polar surface area (TPSA) is 109 Å². The predicted molar refractivity (Wildman–Crippen MR) is 70.0 cm³/mol. The van der Waals surface area contributed by atoms with Crippen LogP contribution in [-0.4, -0.2) is 59.1 Å². The number of nitrogen functional groups attached to an aromatic ring is 1. The number of hydrogen-bond acceptors (Lipinski definition) is 6. The lowest BCUT2D eigenvalue weighted by atomic mass is 10.3. The van der Waals surface area contributed by atoms with Crippen LogP contribution in [0.4, 0.5) is 5.82 Å². The van der Waals surface area contributed by atoms with Gasteiger partial charge in [-0.05, 0) is 0 Å². The van der Waals surface area contributed by atoms with Crippen molar-refractivity contribution in [2.75, 3.05) is 30.0 Å². The van der Waals surface area contributed by atoms with Crippen LogP contribution in [0, 0.1) is 0 Å². The van der Waals surface area contributed by atoms with Gasteiger partial charge >= 0.3 is 0 Å². The van der Waals surface area contributed by atoms with Crippen LogP contribution in [0.15, 0.2) is 6.07 Å². The Bertz CT molecular complexity index is 554. The van der Waals surface area contributed by atoms with Crippen molar-refractivity contribution in [1.29, 1.82) is 0 Å². The molecule has 2 rings (SSSR count). The first-order valence-corrected chi connectivity index (χ1v) is 8.39. The third-order valence-corrected chi connectivity index (χ3v) is 5.31. The highest BCUT2D eigenvalue weighted by Gasteiger charge is 2.35. The van der Waals surface area contributed by atoms with Gasteiger partial charge in [0.15, 0.2) is 9.84 Å². The first kappa shape index (κ1) is 13.2. The molecule has 9 heteroatoms. The molecule has 100 valence electrons. The number of aromatic nitrogens is 2. The summed E-state index contributed by atoms with van der Waals surface area (Å²) in [6.45, 7) is 0.403. The monoisotopic (exact) mass is 290 g/mol. The maximum Gasteiger partial charge on any atom is 0.273 e. The average Bonchev–Trinajstić information content (AvgIpc) is 2.74. The highest BCUT2D eigenvalue weighted by molar-refractivity contribution is 8.00. The second-order valence-corrected chi connectivity index (χ2v) is 7.42. The van der Waals surface area contributed by atoms with Gasteiger partial charge in [0.25, 0.3) is 5.91 Å². The Kier molecular flexibility index (Phi) is 3.53. The molecule has 1 atom stereocenters. The molecule has 2 heterocycles. The Morgan fingerprint density at radius 3 is 2.94 bits per heavy atom. The molecule has 1 unspecified atom stereocenters. The largest absolute Gasteiger partial charge is 0.382 e. The molecule has 1 aliphatic heterocycles. The Hall–Kier alpha value is -1.22. The van der Waals surface area contributed by atoms with Crippen LogP contribution < -0.4 is 5.73 Å². The average molecular weight is 290 g/mol. The molecule has 7 nitrogen and oxygen atoms in total. The Morgan fingerprint density at radius 1 is 1.67 bits per heavy atom. The second kappa shape index (κ2) is 4.81. The maximum atomic E-state index is 12.2. The van der Waals surface area contributed by atoms with Gasteiger partial charge in [0, 0.05) is 30.4 Å². The summed E-state index contributed by atoms with van der Waals surface area (Å²) in [6.07, 6.45) is 1.14. The number of H-pyrrole nitrogens is 1.